The average Bonchev–Trinajstić information content (AvgIpc) is 2.63. The predicted octanol–water partition coefficient (Wildman–Crippen LogP) is 3.46. The largest absolute Gasteiger partial charge is 0.573 e. The zero-order valence-corrected chi connectivity index (χ0v) is 15.6. The average molecular weight is 394 g/mol. The number of piperidine rings is 1. The molecule has 0 spiro atoms. The molecule has 1 amide bonds. The fourth-order valence-electron chi connectivity index (χ4n) is 3.27. The van der Waals surface area contributed by atoms with Gasteiger partial charge in [-0.1, -0.05) is 0 Å². The third-order valence-electron chi connectivity index (χ3n) is 4.58. The SMILES string of the molecule is CC(=O)NC1CCN(c2cc(-c3ccc(OC(F)(F)F)c(C)c3)ncn2)CC1. The Morgan fingerprint density at radius 3 is 2.54 bits per heavy atom. The number of nitrogens with one attached hydrogen (secondary N) is 1. The van der Waals surface area contributed by atoms with Gasteiger partial charge in [0.05, 0.1) is 5.69 Å². The maximum Gasteiger partial charge on any atom is 0.573 e. The first kappa shape index (κ1) is 19.9. The van der Waals surface area contributed by atoms with Crippen molar-refractivity contribution in [1.82, 2.24) is 15.3 Å². The van der Waals surface area contributed by atoms with Gasteiger partial charge in [0, 0.05) is 37.7 Å². The van der Waals surface area contributed by atoms with Crippen molar-refractivity contribution in [2.24, 2.45) is 0 Å². The minimum absolute atomic E-state index is 0.0314. The number of aromatic nitrogens is 2. The molecule has 0 saturated carbocycles. The summed E-state index contributed by atoms with van der Waals surface area (Å²) in [5.74, 6) is 0.487. The molecule has 1 fully saturated rings. The molecule has 0 unspecified atom stereocenters. The van der Waals surface area contributed by atoms with Crippen molar-refractivity contribution in [2.75, 3.05) is 18.0 Å². The standard InChI is InChI=1S/C19H21F3N4O2/c1-12-9-14(3-4-17(12)28-19(20,21)22)16-10-18(24-11-23-16)26-7-5-15(6-8-26)25-13(2)27/h3-4,9-11,15H,5-8H2,1-2H3,(H,25,27). The molecule has 1 aliphatic rings. The van der Waals surface area contributed by atoms with Gasteiger partial charge in [-0.05, 0) is 43.5 Å². The molecule has 0 atom stereocenters. The highest BCUT2D eigenvalue weighted by atomic mass is 19.4. The summed E-state index contributed by atoms with van der Waals surface area (Å²) in [6.07, 6.45) is -1.64. The van der Waals surface area contributed by atoms with E-state index in [1.165, 1.54) is 19.3 Å². The van der Waals surface area contributed by atoms with Crippen molar-refractivity contribution in [2.45, 2.75) is 39.1 Å². The molecule has 28 heavy (non-hydrogen) atoms. The van der Waals surface area contributed by atoms with Gasteiger partial charge in [0.25, 0.3) is 0 Å². The fraction of sp³-hybridized carbons (Fsp3) is 0.421. The normalized spacial score (nSPS) is 15.4. The van der Waals surface area contributed by atoms with Crippen LogP contribution in [0.25, 0.3) is 11.3 Å². The van der Waals surface area contributed by atoms with E-state index < -0.39 is 6.36 Å². The number of anilines is 1. The summed E-state index contributed by atoms with van der Waals surface area (Å²) in [7, 11) is 0. The Bertz CT molecular complexity index is 849. The van der Waals surface area contributed by atoms with Gasteiger partial charge in [-0.25, -0.2) is 9.97 Å². The number of halogens is 3. The number of hydrogen-bond donors (Lipinski definition) is 1. The van der Waals surface area contributed by atoms with Crippen LogP contribution in [0.3, 0.4) is 0 Å². The lowest BCUT2D eigenvalue weighted by Gasteiger charge is -2.33. The van der Waals surface area contributed by atoms with Gasteiger partial charge in [0.2, 0.25) is 5.91 Å². The maximum absolute atomic E-state index is 12.4. The fourth-order valence-corrected chi connectivity index (χ4v) is 3.27. The summed E-state index contributed by atoms with van der Waals surface area (Å²) >= 11 is 0. The highest BCUT2D eigenvalue weighted by molar-refractivity contribution is 5.73. The monoisotopic (exact) mass is 394 g/mol. The first-order valence-corrected chi connectivity index (χ1v) is 8.92. The van der Waals surface area contributed by atoms with Crippen LogP contribution in [0.1, 0.15) is 25.3 Å². The van der Waals surface area contributed by atoms with Crippen molar-refractivity contribution in [1.29, 1.82) is 0 Å². The van der Waals surface area contributed by atoms with Crippen molar-refractivity contribution < 1.29 is 22.7 Å². The van der Waals surface area contributed by atoms with Crippen LogP contribution in [0, 0.1) is 6.92 Å². The Hall–Kier alpha value is -2.84. The summed E-state index contributed by atoms with van der Waals surface area (Å²) in [6, 6.07) is 6.43. The third-order valence-corrected chi connectivity index (χ3v) is 4.58. The van der Waals surface area contributed by atoms with Crippen molar-refractivity contribution in [3.05, 3.63) is 36.2 Å². The number of rotatable bonds is 4. The molecule has 1 saturated heterocycles. The van der Waals surface area contributed by atoms with Crippen molar-refractivity contribution >= 4 is 11.7 Å². The molecule has 3 rings (SSSR count). The molecule has 9 heteroatoms. The van der Waals surface area contributed by atoms with Crippen LogP contribution in [-0.4, -0.2) is 41.4 Å². The molecule has 0 aliphatic carbocycles. The third kappa shape index (κ3) is 5.11. The summed E-state index contributed by atoms with van der Waals surface area (Å²) in [6.45, 7) is 4.56. The van der Waals surface area contributed by atoms with E-state index >= 15 is 0 Å². The van der Waals surface area contributed by atoms with E-state index in [1.54, 1.807) is 19.1 Å². The second-order valence-electron chi connectivity index (χ2n) is 6.75. The molecule has 1 N–H and O–H groups in total. The Labute approximate surface area is 160 Å². The van der Waals surface area contributed by atoms with Crippen LogP contribution in [0.5, 0.6) is 5.75 Å². The number of carbonyl (C=O) groups excluding carboxylic acids is 1. The molecule has 2 aromatic rings. The number of amides is 1. The van der Waals surface area contributed by atoms with E-state index in [1.807, 2.05) is 6.07 Å². The van der Waals surface area contributed by atoms with E-state index in [4.69, 9.17) is 0 Å². The van der Waals surface area contributed by atoms with Gasteiger partial charge in [0.1, 0.15) is 17.9 Å². The second-order valence-corrected chi connectivity index (χ2v) is 6.75. The molecule has 1 aromatic heterocycles. The van der Waals surface area contributed by atoms with E-state index in [0.29, 0.717) is 16.8 Å². The first-order valence-electron chi connectivity index (χ1n) is 8.92. The number of carbonyl (C=O) groups is 1. The van der Waals surface area contributed by atoms with E-state index in [2.05, 4.69) is 24.9 Å². The van der Waals surface area contributed by atoms with Gasteiger partial charge in [-0.15, -0.1) is 13.2 Å². The van der Waals surface area contributed by atoms with Gasteiger partial charge in [0.15, 0.2) is 0 Å². The molecule has 6 nitrogen and oxygen atoms in total. The first-order chi connectivity index (χ1) is 13.2. The second kappa shape index (κ2) is 8.04. The highest BCUT2D eigenvalue weighted by Crippen LogP contribution is 2.30. The summed E-state index contributed by atoms with van der Waals surface area (Å²) in [5, 5.41) is 2.93. The molecule has 2 heterocycles. The van der Waals surface area contributed by atoms with Crippen LogP contribution < -0.4 is 15.0 Å². The van der Waals surface area contributed by atoms with Crippen molar-refractivity contribution in [3.63, 3.8) is 0 Å². The lowest BCUT2D eigenvalue weighted by molar-refractivity contribution is -0.274. The van der Waals surface area contributed by atoms with E-state index in [-0.39, 0.29) is 17.7 Å². The molecular weight excluding hydrogens is 373 g/mol. The summed E-state index contributed by atoms with van der Waals surface area (Å²) in [4.78, 5) is 21.8. The molecule has 0 radical (unpaired) electrons. The quantitative estimate of drug-likeness (QED) is 0.860. The number of nitrogens with zero attached hydrogens (tertiary/aromatic N) is 3. The van der Waals surface area contributed by atoms with Crippen LogP contribution in [0.4, 0.5) is 19.0 Å². The van der Waals surface area contributed by atoms with Crippen LogP contribution in [0.2, 0.25) is 0 Å². The topological polar surface area (TPSA) is 67.4 Å². The van der Waals surface area contributed by atoms with E-state index in [0.717, 1.165) is 31.7 Å². The number of ether oxygens (including phenoxy) is 1. The Kier molecular flexibility index (Phi) is 5.71. The van der Waals surface area contributed by atoms with Gasteiger partial charge in [-0.3, -0.25) is 4.79 Å². The number of hydrogen-bond acceptors (Lipinski definition) is 5. The van der Waals surface area contributed by atoms with Crippen LogP contribution >= 0.6 is 0 Å². The Balaban J connectivity index is 1.73. The molecular formula is C19H21F3N4O2. The summed E-state index contributed by atoms with van der Waals surface area (Å²) < 4.78 is 41.3. The Morgan fingerprint density at radius 2 is 1.93 bits per heavy atom. The number of benzene rings is 1. The number of aryl methyl sites for hydroxylation is 1. The maximum atomic E-state index is 12.4. The molecule has 1 aromatic carbocycles. The zero-order chi connectivity index (χ0) is 20.3. The summed E-state index contributed by atoms with van der Waals surface area (Å²) in [5.41, 5.74) is 1.67. The van der Waals surface area contributed by atoms with Crippen molar-refractivity contribution in [3.8, 4) is 17.0 Å². The smallest absolute Gasteiger partial charge is 0.406 e. The highest BCUT2D eigenvalue weighted by Gasteiger charge is 2.31. The Morgan fingerprint density at radius 1 is 1.21 bits per heavy atom. The molecule has 0 bridgehead atoms. The number of alkyl halides is 3. The van der Waals surface area contributed by atoms with Gasteiger partial charge >= 0.3 is 6.36 Å². The van der Waals surface area contributed by atoms with Crippen LogP contribution in [0.15, 0.2) is 30.6 Å². The van der Waals surface area contributed by atoms with E-state index in [9.17, 15) is 18.0 Å². The predicted molar refractivity (Wildman–Crippen MR) is 97.9 cm³/mol. The molecule has 150 valence electrons. The zero-order valence-electron chi connectivity index (χ0n) is 15.6. The molecule has 1 aliphatic heterocycles. The minimum atomic E-state index is -4.72. The van der Waals surface area contributed by atoms with Crippen LogP contribution in [-0.2, 0) is 4.79 Å². The lowest BCUT2D eigenvalue weighted by atomic mass is 10.0. The minimum Gasteiger partial charge on any atom is -0.406 e. The van der Waals surface area contributed by atoms with Gasteiger partial charge < -0.3 is 15.0 Å². The lowest BCUT2D eigenvalue weighted by Crippen LogP contribution is -2.44. The van der Waals surface area contributed by atoms with Gasteiger partial charge in [-0.2, -0.15) is 0 Å².